The van der Waals surface area contributed by atoms with Gasteiger partial charge < -0.3 is 5.73 Å². The Kier molecular flexibility index (Phi) is 3.49. The van der Waals surface area contributed by atoms with E-state index in [1.807, 2.05) is 0 Å². The molecule has 0 amide bonds. The number of nitrogens with zero attached hydrogens (tertiary/aromatic N) is 3. The largest absolute Gasteiger partial charge is 0.330 e. The van der Waals surface area contributed by atoms with E-state index in [1.165, 1.54) is 10.7 Å². The van der Waals surface area contributed by atoms with Gasteiger partial charge in [0, 0.05) is 12.5 Å². The van der Waals surface area contributed by atoms with Gasteiger partial charge in [0.25, 0.3) is 0 Å². The van der Waals surface area contributed by atoms with Crippen molar-refractivity contribution in [3.8, 4) is 5.69 Å². The van der Waals surface area contributed by atoms with Crippen molar-refractivity contribution in [1.82, 2.24) is 15.0 Å². The molecule has 0 atom stereocenters. The van der Waals surface area contributed by atoms with Crippen molar-refractivity contribution in [2.24, 2.45) is 5.73 Å². The molecule has 0 fully saturated rings. The van der Waals surface area contributed by atoms with Gasteiger partial charge in [-0.3, -0.25) is 0 Å². The summed E-state index contributed by atoms with van der Waals surface area (Å²) in [7, 11) is 0. The molecule has 2 aromatic rings. The Hall–Kier alpha value is -1.34. The zero-order chi connectivity index (χ0) is 12.4. The first kappa shape index (κ1) is 12.1. The fourth-order valence-corrected chi connectivity index (χ4v) is 1.70. The SMILES string of the molecule is NCCc1cn(-c2cc(Br)c(F)cc2F)nn1. The Morgan fingerprint density at radius 1 is 1.29 bits per heavy atom. The maximum atomic E-state index is 13.5. The quantitative estimate of drug-likeness (QED) is 0.880. The second kappa shape index (κ2) is 4.89. The molecule has 1 aromatic carbocycles. The van der Waals surface area contributed by atoms with Crippen molar-refractivity contribution in [1.29, 1.82) is 0 Å². The lowest BCUT2D eigenvalue weighted by molar-refractivity contribution is 0.568. The molecule has 4 nitrogen and oxygen atoms in total. The highest BCUT2D eigenvalue weighted by molar-refractivity contribution is 9.10. The molecule has 2 N–H and O–H groups in total. The van der Waals surface area contributed by atoms with Gasteiger partial charge in [0.2, 0.25) is 0 Å². The maximum Gasteiger partial charge on any atom is 0.151 e. The molecule has 0 saturated carbocycles. The zero-order valence-electron chi connectivity index (χ0n) is 8.70. The monoisotopic (exact) mass is 302 g/mol. The van der Waals surface area contributed by atoms with Crippen molar-refractivity contribution in [2.45, 2.75) is 6.42 Å². The van der Waals surface area contributed by atoms with Gasteiger partial charge in [-0.05, 0) is 28.5 Å². The number of rotatable bonds is 3. The first-order valence-electron chi connectivity index (χ1n) is 4.88. The molecular formula is C10H9BrF2N4. The molecule has 1 heterocycles. The van der Waals surface area contributed by atoms with Gasteiger partial charge in [-0.15, -0.1) is 5.10 Å². The van der Waals surface area contributed by atoms with Crippen LogP contribution in [0.4, 0.5) is 8.78 Å². The third-order valence-corrected chi connectivity index (χ3v) is 2.79. The van der Waals surface area contributed by atoms with Gasteiger partial charge in [-0.2, -0.15) is 0 Å². The van der Waals surface area contributed by atoms with Crippen LogP contribution < -0.4 is 5.73 Å². The third-order valence-electron chi connectivity index (χ3n) is 2.18. The van der Waals surface area contributed by atoms with Crippen LogP contribution in [0.2, 0.25) is 0 Å². The zero-order valence-corrected chi connectivity index (χ0v) is 10.3. The van der Waals surface area contributed by atoms with Gasteiger partial charge in [0.1, 0.15) is 11.5 Å². The van der Waals surface area contributed by atoms with E-state index in [0.29, 0.717) is 18.7 Å². The molecule has 0 unspecified atom stereocenters. The van der Waals surface area contributed by atoms with E-state index < -0.39 is 11.6 Å². The minimum atomic E-state index is -0.699. The number of hydrogen-bond donors (Lipinski definition) is 1. The molecule has 0 aliphatic rings. The van der Waals surface area contributed by atoms with Crippen LogP contribution in [0.15, 0.2) is 22.8 Å². The molecular weight excluding hydrogens is 294 g/mol. The number of halogens is 3. The summed E-state index contributed by atoms with van der Waals surface area (Å²) in [6, 6.07) is 2.11. The molecule has 0 bridgehead atoms. The van der Waals surface area contributed by atoms with E-state index in [9.17, 15) is 8.78 Å². The highest BCUT2D eigenvalue weighted by Gasteiger charge is 2.11. The average Bonchev–Trinajstić information content (AvgIpc) is 2.72. The minimum absolute atomic E-state index is 0.133. The average molecular weight is 303 g/mol. The Bertz CT molecular complexity index is 541. The van der Waals surface area contributed by atoms with Crippen LogP contribution in [0.25, 0.3) is 5.69 Å². The second-order valence-corrected chi connectivity index (χ2v) is 4.27. The van der Waals surface area contributed by atoms with Crippen LogP contribution in [0, 0.1) is 11.6 Å². The lowest BCUT2D eigenvalue weighted by Gasteiger charge is -2.03. The summed E-state index contributed by atoms with van der Waals surface area (Å²) in [6.45, 7) is 0.439. The smallest absolute Gasteiger partial charge is 0.151 e. The summed E-state index contributed by atoms with van der Waals surface area (Å²) in [6.07, 6.45) is 2.12. The summed E-state index contributed by atoms with van der Waals surface area (Å²) in [4.78, 5) is 0. The third kappa shape index (κ3) is 2.50. The number of aromatic nitrogens is 3. The Morgan fingerprint density at radius 2 is 2.06 bits per heavy atom. The van der Waals surface area contributed by atoms with Crippen LogP contribution >= 0.6 is 15.9 Å². The molecule has 90 valence electrons. The Morgan fingerprint density at radius 3 is 2.76 bits per heavy atom. The Balaban J connectivity index is 2.41. The summed E-state index contributed by atoms with van der Waals surface area (Å²) >= 11 is 2.99. The normalized spacial score (nSPS) is 10.8. The van der Waals surface area contributed by atoms with E-state index in [-0.39, 0.29) is 10.2 Å². The molecule has 0 saturated heterocycles. The predicted octanol–water partition coefficient (Wildman–Crippen LogP) is 1.81. The van der Waals surface area contributed by atoms with Crippen LogP contribution in [0.1, 0.15) is 5.69 Å². The maximum absolute atomic E-state index is 13.5. The fraction of sp³-hybridized carbons (Fsp3) is 0.200. The molecule has 7 heteroatoms. The topological polar surface area (TPSA) is 56.7 Å². The van der Waals surface area contributed by atoms with Gasteiger partial charge >= 0.3 is 0 Å². The first-order chi connectivity index (χ1) is 8.11. The lowest BCUT2D eigenvalue weighted by atomic mass is 10.3. The van der Waals surface area contributed by atoms with Gasteiger partial charge in [-0.25, -0.2) is 13.5 Å². The standard InChI is InChI=1S/C10H9BrF2N4/c11-7-3-10(9(13)4-8(7)12)17-5-6(1-2-14)15-16-17/h3-5H,1-2,14H2. The number of nitrogens with two attached hydrogens (primary N) is 1. The molecule has 0 spiro atoms. The minimum Gasteiger partial charge on any atom is -0.330 e. The summed E-state index contributed by atoms with van der Waals surface area (Å²) in [5, 5.41) is 7.60. The molecule has 2 rings (SSSR count). The highest BCUT2D eigenvalue weighted by atomic mass is 79.9. The first-order valence-corrected chi connectivity index (χ1v) is 5.67. The van der Waals surface area contributed by atoms with E-state index >= 15 is 0 Å². The molecule has 0 aliphatic carbocycles. The second-order valence-electron chi connectivity index (χ2n) is 3.41. The van der Waals surface area contributed by atoms with Crippen LogP contribution in [-0.2, 0) is 6.42 Å². The van der Waals surface area contributed by atoms with Crippen molar-refractivity contribution in [3.05, 3.63) is 40.1 Å². The highest BCUT2D eigenvalue weighted by Crippen LogP contribution is 2.22. The summed E-state index contributed by atoms with van der Waals surface area (Å²) < 4.78 is 28.0. The van der Waals surface area contributed by atoms with Crippen molar-refractivity contribution in [3.63, 3.8) is 0 Å². The summed E-state index contributed by atoms with van der Waals surface area (Å²) in [5.41, 5.74) is 6.17. The van der Waals surface area contributed by atoms with Gasteiger partial charge in [0.05, 0.1) is 16.4 Å². The van der Waals surface area contributed by atoms with Crippen molar-refractivity contribution in [2.75, 3.05) is 6.54 Å². The van der Waals surface area contributed by atoms with Crippen LogP contribution in [0.3, 0.4) is 0 Å². The van der Waals surface area contributed by atoms with Crippen LogP contribution in [0.5, 0.6) is 0 Å². The number of benzene rings is 1. The summed E-state index contributed by atoms with van der Waals surface area (Å²) in [5.74, 6) is -1.36. The van der Waals surface area contributed by atoms with Crippen LogP contribution in [-0.4, -0.2) is 21.5 Å². The predicted molar refractivity (Wildman–Crippen MR) is 61.7 cm³/mol. The van der Waals surface area contributed by atoms with E-state index in [0.717, 1.165) is 6.07 Å². The van der Waals surface area contributed by atoms with Crippen molar-refractivity contribution < 1.29 is 8.78 Å². The molecule has 1 aromatic heterocycles. The van der Waals surface area contributed by atoms with Gasteiger partial charge in [-0.1, -0.05) is 5.21 Å². The van der Waals surface area contributed by atoms with Gasteiger partial charge in [0.15, 0.2) is 5.82 Å². The van der Waals surface area contributed by atoms with Crippen molar-refractivity contribution >= 4 is 15.9 Å². The van der Waals surface area contributed by atoms with E-state index in [2.05, 4.69) is 26.2 Å². The molecule has 0 aliphatic heterocycles. The number of hydrogen-bond acceptors (Lipinski definition) is 3. The fourth-order valence-electron chi connectivity index (χ4n) is 1.37. The van der Waals surface area contributed by atoms with E-state index in [4.69, 9.17) is 5.73 Å². The molecule has 0 radical (unpaired) electrons. The lowest BCUT2D eigenvalue weighted by Crippen LogP contribution is -2.02. The van der Waals surface area contributed by atoms with E-state index in [1.54, 1.807) is 6.20 Å². The Labute approximate surface area is 105 Å². The molecule has 17 heavy (non-hydrogen) atoms.